The van der Waals surface area contributed by atoms with Crippen molar-refractivity contribution in [3.8, 4) is 0 Å². The third kappa shape index (κ3) is 4.92. The van der Waals surface area contributed by atoms with E-state index >= 15 is 0 Å². The first-order valence-electron chi connectivity index (χ1n) is 7.83. The quantitative estimate of drug-likeness (QED) is 0.818. The van der Waals surface area contributed by atoms with Gasteiger partial charge in [0.1, 0.15) is 0 Å². The van der Waals surface area contributed by atoms with Crippen LogP contribution in [0.2, 0.25) is 0 Å². The maximum Gasteiger partial charge on any atom is 0.222 e. The van der Waals surface area contributed by atoms with Crippen LogP contribution in [0.25, 0.3) is 0 Å². The summed E-state index contributed by atoms with van der Waals surface area (Å²) in [5, 5.41) is 6.29. The standard InChI is InChI=1S/C19H24N2O/c1-3-17-6-4-5-7-18(17)20-13-12-19(22)21-14-16-10-8-15(2)9-11-16/h4-11,20H,3,12-14H2,1-2H3,(H,21,22). The number of carbonyl (C=O) groups is 1. The molecule has 0 bridgehead atoms. The third-order valence-corrected chi connectivity index (χ3v) is 3.68. The van der Waals surface area contributed by atoms with Gasteiger partial charge in [-0.05, 0) is 30.5 Å². The molecule has 116 valence electrons. The van der Waals surface area contributed by atoms with Crippen molar-refractivity contribution in [1.82, 2.24) is 5.32 Å². The summed E-state index contributed by atoms with van der Waals surface area (Å²) >= 11 is 0. The normalized spacial score (nSPS) is 10.3. The lowest BCUT2D eigenvalue weighted by molar-refractivity contribution is -0.121. The summed E-state index contributed by atoms with van der Waals surface area (Å²) in [6.07, 6.45) is 1.46. The summed E-state index contributed by atoms with van der Waals surface area (Å²) in [6.45, 7) is 5.43. The van der Waals surface area contributed by atoms with Crippen LogP contribution < -0.4 is 10.6 Å². The Morgan fingerprint density at radius 3 is 2.50 bits per heavy atom. The Bertz CT molecular complexity index is 605. The van der Waals surface area contributed by atoms with Crippen molar-refractivity contribution in [3.05, 3.63) is 65.2 Å². The molecule has 0 fully saturated rings. The van der Waals surface area contributed by atoms with E-state index in [1.165, 1.54) is 11.1 Å². The Kier molecular flexibility index (Phi) is 6.01. The first-order chi connectivity index (χ1) is 10.7. The van der Waals surface area contributed by atoms with E-state index in [-0.39, 0.29) is 5.91 Å². The van der Waals surface area contributed by atoms with E-state index in [2.05, 4.69) is 48.7 Å². The predicted octanol–water partition coefficient (Wildman–Crippen LogP) is 3.68. The lowest BCUT2D eigenvalue weighted by Crippen LogP contribution is -2.25. The van der Waals surface area contributed by atoms with Gasteiger partial charge < -0.3 is 10.6 Å². The molecule has 0 aromatic heterocycles. The highest BCUT2D eigenvalue weighted by atomic mass is 16.1. The minimum atomic E-state index is 0.0713. The molecule has 0 aliphatic heterocycles. The largest absolute Gasteiger partial charge is 0.384 e. The minimum absolute atomic E-state index is 0.0713. The van der Waals surface area contributed by atoms with Crippen molar-refractivity contribution in [2.75, 3.05) is 11.9 Å². The molecule has 1 amide bonds. The molecule has 2 rings (SSSR count). The van der Waals surface area contributed by atoms with Gasteiger partial charge in [0.2, 0.25) is 5.91 Å². The van der Waals surface area contributed by atoms with Crippen molar-refractivity contribution in [2.24, 2.45) is 0 Å². The van der Waals surface area contributed by atoms with E-state index < -0.39 is 0 Å². The molecule has 0 radical (unpaired) electrons. The average molecular weight is 296 g/mol. The second-order valence-electron chi connectivity index (χ2n) is 5.45. The predicted molar refractivity (Wildman–Crippen MR) is 92.0 cm³/mol. The second-order valence-corrected chi connectivity index (χ2v) is 5.45. The van der Waals surface area contributed by atoms with Gasteiger partial charge in [-0.15, -0.1) is 0 Å². The summed E-state index contributed by atoms with van der Waals surface area (Å²) in [4.78, 5) is 11.9. The summed E-state index contributed by atoms with van der Waals surface area (Å²) in [5.41, 5.74) is 4.76. The summed E-state index contributed by atoms with van der Waals surface area (Å²) in [7, 11) is 0. The van der Waals surface area contributed by atoms with Crippen LogP contribution in [0.15, 0.2) is 48.5 Å². The molecule has 0 atom stereocenters. The highest BCUT2D eigenvalue weighted by molar-refractivity contribution is 5.76. The van der Waals surface area contributed by atoms with Gasteiger partial charge in [0.05, 0.1) is 0 Å². The van der Waals surface area contributed by atoms with Gasteiger partial charge in [0.15, 0.2) is 0 Å². The molecule has 0 saturated carbocycles. The zero-order chi connectivity index (χ0) is 15.8. The van der Waals surface area contributed by atoms with Gasteiger partial charge in [-0.1, -0.05) is 55.0 Å². The number of amides is 1. The summed E-state index contributed by atoms with van der Waals surface area (Å²) in [6, 6.07) is 16.4. The summed E-state index contributed by atoms with van der Waals surface area (Å²) < 4.78 is 0. The van der Waals surface area contributed by atoms with Gasteiger partial charge in [-0.25, -0.2) is 0 Å². The fourth-order valence-electron chi connectivity index (χ4n) is 2.31. The monoisotopic (exact) mass is 296 g/mol. The SMILES string of the molecule is CCc1ccccc1NCCC(=O)NCc1ccc(C)cc1. The molecule has 22 heavy (non-hydrogen) atoms. The van der Waals surface area contributed by atoms with Gasteiger partial charge in [0.25, 0.3) is 0 Å². The number of anilines is 1. The molecular formula is C19H24N2O. The molecule has 3 heteroatoms. The van der Waals surface area contributed by atoms with E-state index in [0.717, 1.165) is 17.7 Å². The van der Waals surface area contributed by atoms with Crippen molar-refractivity contribution in [3.63, 3.8) is 0 Å². The molecule has 0 spiro atoms. The van der Waals surface area contributed by atoms with Gasteiger partial charge in [0, 0.05) is 25.2 Å². The van der Waals surface area contributed by atoms with Crippen LogP contribution in [0.3, 0.4) is 0 Å². The Morgan fingerprint density at radius 1 is 1.05 bits per heavy atom. The number of para-hydroxylation sites is 1. The maximum atomic E-state index is 11.9. The number of hydrogen-bond acceptors (Lipinski definition) is 2. The van der Waals surface area contributed by atoms with Crippen molar-refractivity contribution < 1.29 is 4.79 Å². The smallest absolute Gasteiger partial charge is 0.222 e. The van der Waals surface area contributed by atoms with E-state index in [9.17, 15) is 4.79 Å². The molecule has 2 aromatic carbocycles. The highest BCUT2D eigenvalue weighted by Gasteiger charge is 2.03. The van der Waals surface area contributed by atoms with E-state index in [1.54, 1.807) is 0 Å². The average Bonchev–Trinajstić information content (AvgIpc) is 2.55. The molecule has 0 aliphatic rings. The molecule has 0 aliphatic carbocycles. The van der Waals surface area contributed by atoms with Crippen LogP contribution in [0, 0.1) is 6.92 Å². The molecule has 3 nitrogen and oxygen atoms in total. The fourth-order valence-corrected chi connectivity index (χ4v) is 2.31. The zero-order valence-electron chi connectivity index (χ0n) is 13.4. The topological polar surface area (TPSA) is 41.1 Å². The Morgan fingerprint density at radius 2 is 1.77 bits per heavy atom. The lowest BCUT2D eigenvalue weighted by Gasteiger charge is -2.11. The lowest BCUT2D eigenvalue weighted by atomic mass is 10.1. The number of carbonyl (C=O) groups excluding carboxylic acids is 1. The molecule has 0 saturated heterocycles. The van der Waals surface area contributed by atoms with Gasteiger partial charge >= 0.3 is 0 Å². The van der Waals surface area contributed by atoms with Crippen LogP contribution in [0.4, 0.5) is 5.69 Å². The first kappa shape index (κ1) is 16.1. The Labute approximate surface area is 132 Å². The first-order valence-corrected chi connectivity index (χ1v) is 7.83. The molecule has 2 aromatic rings. The molecule has 2 N–H and O–H groups in total. The van der Waals surface area contributed by atoms with E-state index in [1.807, 2.05) is 24.3 Å². The molecule has 0 heterocycles. The Balaban J connectivity index is 1.72. The highest BCUT2D eigenvalue weighted by Crippen LogP contribution is 2.15. The van der Waals surface area contributed by atoms with E-state index in [4.69, 9.17) is 0 Å². The number of benzene rings is 2. The number of hydrogen-bond donors (Lipinski definition) is 2. The zero-order valence-corrected chi connectivity index (χ0v) is 13.4. The van der Waals surface area contributed by atoms with Gasteiger partial charge in [-0.3, -0.25) is 4.79 Å². The number of rotatable bonds is 7. The van der Waals surface area contributed by atoms with Crippen LogP contribution in [0.5, 0.6) is 0 Å². The van der Waals surface area contributed by atoms with Crippen LogP contribution in [-0.2, 0) is 17.8 Å². The Hall–Kier alpha value is -2.29. The van der Waals surface area contributed by atoms with Crippen LogP contribution >= 0.6 is 0 Å². The van der Waals surface area contributed by atoms with Crippen LogP contribution in [-0.4, -0.2) is 12.5 Å². The molecular weight excluding hydrogens is 272 g/mol. The van der Waals surface area contributed by atoms with Crippen LogP contribution in [0.1, 0.15) is 30.0 Å². The van der Waals surface area contributed by atoms with Crippen molar-refractivity contribution >= 4 is 11.6 Å². The fraction of sp³-hybridized carbons (Fsp3) is 0.316. The third-order valence-electron chi connectivity index (χ3n) is 3.68. The molecule has 0 unspecified atom stereocenters. The van der Waals surface area contributed by atoms with Gasteiger partial charge in [-0.2, -0.15) is 0 Å². The minimum Gasteiger partial charge on any atom is -0.384 e. The summed E-state index contributed by atoms with van der Waals surface area (Å²) in [5.74, 6) is 0.0713. The van der Waals surface area contributed by atoms with Crippen molar-refractivity contribution in [1.29, 1.82) is 0 Å². The number of aryl methyl sites for hydroxylation is 2. The second kappa shape index (κ2) is 8.23. The van der Waals surface area contributed by atoms with Crippen molar-refractivity contribution in [2.45, 2.75) is 33.2 Å². The van der Waals surface area contributed by atoms with E-state index in [0.29, 0.717) is 19.5 Å². The number of nitrogens with one attached hydrogen (secondary N) is 2. The maximum absolute atomic E-state index is 11.9.